The first-order chi connectivity index (χ1) is 8.95. The lowest BCUT2D eigenvalue weighted by atomic mass is 10.2. The second-order valence-corrected chi connectivity index (χ2v) is 5.96. The van der Waals surface area contributed by atoms with Gasteiger partial charge in [-0.05, 0) is 44.0 Å². The Morgan fingerprint density at radius 2 is 1.95 bits per heavy atom. The van der Waals surface area contributed by atoms with Gasteiger partial charge in [0.1, 0.15) is 0 Å². The minimum Gasteiger partial charge on any atom is -0.380 e. The van der Waals surface area contributed by atoms with Gasteiger partial charge in [0.05, 0.1) is 4.92 Å². The number of nitrogens with one attached hydrogen (secondary N) is 1. The molecule has 0 atom stereocenters. The third kappa shape index (κ3) is 3.32. The molecule has 0 fully saturated rings. The van der Waals surface area contributed by atoms with Crippen molar-refractivity contribution in [2.45, 2.75) is 27.3 Å². The third-order valence-electron chi connectivity index (χ3n) is 2.96. The van der Waals surface area contributed by atoms with E-state index in [1.165, 1.54) is 15.3 Å². The van der Waals surface area contributed by atoms with E-state index in [0.29, 0.717) is 6.54 Å². The SMILES string of the molecule is Cc1cc(NCc2cc(C)c(C)s2)cc([N+](=O)[O-])c1. The van der Waals surface area contributed by atoms with Crippen molar-refractivity contribution in [2.75, 3.05) is 5.32 Å². The van der Waals surface area contributed by atoms with Crippen LogP contribution in [0.3, 0.4) is 0 Å². The first kappa shape index (κ1) is 13.5. The zero-order valence-electron chi connectivity index (χ0n) is 11.2. The molecule has 0 saturated carbocycles. The number of anilines is 1. The molecule has 0 radical (unpaired) electrons. The maximum absolute atomic E-state index is 10.8. The molecule has 0 aliphatic heterocycles. The van der Waals surface area contributed by atoms with Crippen molar-refractivity contribution in [3.8, 4) is 0 Å². The second-order valence-electron chi connectivity index (χ2n) is 4.62. The first-order valence-corrected chi connectivity index (χ1v) is 6.83. The summed E-state index contributed by atoms with van der Waals surface area (Å²) < 4.78 is 0. The lowest BCUT2D eigenvalue weighted by molar-refractivity contribution is -0.384. The van der Waals surface area contributed by atoms with E-state index < -0.39 is 0 Å². The van der Waals surface area contributed by atoms with Gasteiger partial charge >= 0.3 is 0 Å². The quantitative estimate of drug-likeness (QED) is 0.672. The topological polar surface area (TPSA) is 55.2 Å². The Balaban J connectivity index is 2.13. The molecule has 0 unspecified atom stereocenters. The van der Waals surface area contributed by atoms with Crippen molar-refractivity contribution in [3.05, 3.63) is 55.3 Å². The van der Waals surface area contributed by atoms with Gasteiger partial charge in [-0.3, -0.25) is 10.1 Å². The van der Waals surface area contributed by atoms with E-state index in [-0.39, 0.29) is 10.6 Å². The van der Waals surface area contributed by atoms with Gasteiger partial charge in [0.25, 0.3) is 5.69 Å². The molecule has 1 aromatic heterocycles. The Morgan fingerprint density at radius 3 is 2.53 bits per heavy atom. The van der Waals surface area contributed by atoms with Crippen LogP contribution >= 0.6 is 11.3 Å². The van der Waals surface area contributed by atoms with Crippen LogP contribution < -0.4 is 5.32 Å². The summed E-state index contributed by atoms with van der Waals surface area (Å²) in [7, 11) is 0. The van der Waals surface area contributed by atoms with E-state index in [1.807, 2.05) is 13.0 Å². The van der Waals surface area contributed by atoms with Crippen LogP contribution in [0.1, 0.15) is 20.9 Å². The number of aryl methyl sites for hydroxylation is 3. The fourth-order valence-corrected chi connectivity index (χ4v) is 2.89. The van der Waals surface area contributed by atoms with Crippen molar-refractivity contribution >= 4 is 22.7 Å². The lowest BCUT2D eigenvalue weighted by Crippen LogP contribution is -1.99. The smallest absolute Gasteiger partial charge is 0.271 e. The molecule has 0 spiro atoms. The van der Waals surface area contributed by atoms with Crippen LogP contribution in [0.15, 0.2) is 24.3 Å². The van der Waals surface area contributed by atoms with E-state index in [9.17, 15) is 10.1 Å². The van der Waals surface area contributed by atoms with Gasteiger partial charge < -0.3 is 5.32 Å². The Kier molecular flexibility index (Phi) is 3.85. The predicted octanol–water partition coefficient (Wildman–Crippen LogP) is 4.19. The Labute approximate surface area is 116 Å². The molecule has 5 heteroatoms. The average Bonchev–Trinajstić information content (AvgIpc) is 2.65. The molecule has 100 valence electrons. The summed E-state index contributed by atoms with van der Waals surface area (Å²) in [6.07, 6.45) is 0. The number of benzene rings is 1. The summed E-state index contributed by atoms with van der Waals surface area (Å²) >= 11 is 1.75. The van der Waals surface area contributed by atoms with Gasteiger partial charge in [0.2, 0.25) is 0 Å². The maximum Gasteiger partial charge on any atom is 0.271 e. The molecule has 0 amide bonds. The van der Waals surface area contributed by atoms with Crippen LogP contribution in [0.4, 0.5) is 11.4 Å². The van der Waals surface area contributed by atoms with Crippen LogP contribution in [0.5, 0.6) is 0 Å². The second kappa shape index (κ2) is 5.40. The molecule has 2 aromatic rings. The number of nitro benzene ring substituents is 1. The normalized spacial score (nSPS) is 10.5. The molecular formula is C14H16N2O2S. The van der Waals surface area contributed by atoms with Gasteiger partial charge in [-0.15, -0.1) is 11.3 Å². The lowest BCUT2D eigenvalue weighted by Gasteiger charge is -2.06. The minimum atomic E-state index is -0.363. The highest BCUT2D eigenvalue weighted by molar-refractivity contribution is 7.12. The highest BCUT2D eigenvalue weighted by atomic mass is 32.1. The molecule has 2 rings (SSSR count). The summed E-state index contributed by atoms with van der Waals surface area (Å²) in [5.74, 6) is 0. The zero-order chi connectivity index (χ0) is 14.0. The van der Waals surface area contributed by atoms with Gasteiger partial charge in [-0.2, -0.15) is 0 Å². The van der Waals surface area contributed by atoms with Gasteiger partial charge in [0.15, 0.2) is 0 Å². The summed E-state index contributed by atoms with van der Waals surface area (Å²) in [6, 6.07) is 7.21. The highest BCUT2D eigenvalue weighted by Crippen LogP contribution is 2.24. The monoisotopic (exact) mass is 276 g/mol. The number of rotatable bonds is 4. The molecule has 1 N–H and O–H groups in total. The van der Waals surface area contributed by atoms with Crippen molar-refractivity contribution in [2.24, 2.45) is 0 Å². The van der Waals surface area contributed by atoms with Crippen molar-refractivity contribution in [3.63, 3.8) is 0 Å². The van der Waals surface area contributed by atoms with E-state index >= 15 is 0 Å². The first-order valence-electron chi connectivity index (χ1n) is 6.01. The fourth-order valence-electron chi connectivity index (χ4n) is 1.90. The standard InChI is InChI=1S/C14H16N2O2S/c1-9-4-12(7-13(5-9)16(17)18)15-8-14-6-10(2)11(3)19-14/h4-7,15H,8H2,1-3H3. The van der Waals surface area contributed by atoms with Crippen LogP contribution in [0.2, 0.25) is 0 Å². The van der Waals surface area contributed by atoms with Crippen LogP contribution in [-0.4, -0.2) is 4.92 Å². The molecule has 4 nitrogen and oxygen atoms in total. The molecule has 1 heterocycles. The Hall–Kier alpha value is -1.88. The maximum atomic E-state index is 10.8. The highest BCUT2D eigenvalue weighted by Gasteiger charge is 2.08. The molecular weight excluding hydrogens is 260 g/mol. The molecule has 19 heavy (non-hydrogen) atoms. The Morgan fingerprint density at radius 1 is 1.21 bits per heavy atom. The molecule has 0 saturated heterocycles. The molecule has 0 aliphatic carbocycles. The summed E-state index contributed by atoms with van der Waals surface area (Å²) in [6.45, 7) is 6.74. The summed E-state index contributed by atoms with van der Waals surface area (Å²) in [5.41, 5.74) is 3.09. The predicted molar refractivity (Wildman–Crippen MR) is 79.0 cm³/mol. The number of hydrogen-bond donors (Lipinski definition) is 1. The van der Waals surface area contributed by atoms with Crippen LogP contribution in [0.25, 0.3) is 0 Å². The zero-order valence-corrected chi connectivity index (χ0v) is 12.0. The fraction of sp³-hybridized carbons (Fsp3) is 0.286. The molecule has 0 aliphatic rings. The summed E-state index contributed by atoms with van der Waals surface area (Å²) in [4.78, 5) is 13.0. The summed E-state index contributed by atoms with van der Waals surface area (Å²) in [5, 5.41) is 14.1. The minimum absolute atomic E-state index is 0.126. The van der Waals surface area contributed by atoms with Crippen molar-refractivity contribution in [1.29, 1.82) is 0 Å². The molecule has 0 bridgehead atoms. The van der Waals surface area contributed by atoms with Crippen molar-refractivity contribution in [1.82, 2.24) is 0 Å². The number of nitrogens with zero attached hydrogens (tertiary/aromatic N) is 1. The number of hydrogen-bond acceptors (Lipinski definition) is 4. The average molecular weight is 276 g/mol. The van der Waals surface area contributed by atoms with E-state index in [0.717, 1.165) is 11.3 Å². The largest absolute Gasteiger partial charge is 0.380 e. The van der Waals surface area contributed by atoms with Crippen LogP contribution in [-0.2, 0) is 6.54 Å². The van der Waals surface area contributed by atoms with Gasteiger partial charge in [0, 0.05) is 34.1 Å². The number of nitro groups is 1. The van der Waals surface area contributed by atoms with E-state index in [4.69, 9.17) is 0 Å². The third-order valence-corrected chi connectivity index (χ3v) is 4.11. The van der Waals surface area contributed by atoms with Crippen molar-refractivity contribution < 1.29 is 4.92 Å². The van der Waals surface area contributed by atoms with E-state index in [1.54, 1.807) is 23.5 Å². The number of non-ortho nitro benzene ring substituents is 1. The Bertz CT molecular complexity index is 600. The molecule has 1 aromatic carbocycles. The van der Waals surface area contributed by atoms with Gasteiger partial charge in [-0.25, -0.2) is 0 Å². The van der Waals surface area contributed by atoms with Gasteiger partial charge in [-0.1, -0.05) is 0 Å². The number of thiophene rings is 1. The van der Waals surface area contributed by atoms with Crippen LogP contribution in [0, 0.1) is 30.9 Å². The van der Waals surface area contributed by atoms with E-state index in [2.05, 4.69) is 25.2 Å².